The minimum absolute atomic E-state index is 0.0771. The van der Waals surface area contributed by atoms with Gasteiger partial charge in [0.15, 0.2) is 0 Å². The van der Waals surface area contributed by atoms with E-state index in [-0.39, 0.29) is 39.5 Å². The monoisotopic (exact) mass is 1220 g/mol. The first-order chi connectivity index (χ1) is 43.2. The summed E-state index contributed by atoms with van der Waals surface area (Å²) in [6.45, 7) is 8.96. The van der Waals surface area contributed by atoms with Crippen molar-refractivity contribution in [2.75, 3.05) is 187 Å². The SMILES string of the molecule is COCCOCCOCCOc1cc(CN2C(=O)c3ccc4c5ccc6c7c(ccc(c8ccc(c3c48)C2=O)c75)C(=O)N(Cc2cc(OCCOCCOCCOC)cc(OCCOCCOCCOC)c2)C6=O)cc(OCCOCCOCCOC)c1. The van der Waals surface area contributed by atoms with E-state index >= 15 is 0 Å². The minimum atomic E-state index is -0.463. The Morgan fingerprint density at radius 3 is 0.705 bits per heavy atom. The highest BCUT2D eigenvalue weighted by Crippen LogP contribution is 2.47. The molecule has 2 heterocycles. The zero-order valence-corrected chi connectivity index (χ0v) is 50.5. The van der Waals surface area contributed by atoms with Crippen LogP contribution in [-0.4, -0.2) is 220 Å². The lowest BCUT2D eigenvalue weighted by Gasteiger charge is -2.30. The molecule has 0 aromatic heterocycles. The Kier molecular flexibility index (Phi) is 25.2. The Bertz CT molecular complexity index is 3010. The quantitative estimate of drug-likeness (QED) is 0.0155. The van der Waals surface area contributed by atoms with Crippen molar-refractivity contribution >= 4 is 66.7 Å². The van der Waals surface area contributed by atoms with Gasteiger partial charge in [0.05, 0.1) is 145 Å². The minimum Gasteiger partial charge on any atom is -0.491 e. The molecule has 7 aromatic rings. The molecule has 0 fully saturated rings. The first kappa shape index (κ1) is 65.3. The molecule has 0 unspecified atom stereocenters. The van der Waals surface area contributed by atoms with Crippen LogP contribution in [0.25, 0.3) is 43.1 Å². The van der Waals surface area contributed by atoms with Crippen molar-refractivity contribution < 1.29 is 95.0 Å². The smallest absolute Gasteiger partial charge is 0.261 e. The number of methoxy groups -OCH3 is 4. The van der Waals surface area contributed by atoms with E-state index in [1.165, 1.54) is 9.80 Å². The third-order valence-electron chi connectivity index (χ3n) is 14.6. The van der Waals surface area contributed by atoms with Crippen molar-refractivity contribution in [1.29, 1.82) is 0 Å². The number of hydrogen-bond acceptors (Lipinski definition) is 20. The molecule has 0 radical (unpaired) electrons. The summed E-state index contributed by atoms with van der Waals surface area (Å²) in [5.74, 6) is 0.000640. The number of imide groups is 2. The maximum atomic E-state index is 14.8. The lowest BCUT2D eigenvalue weighted by molar-refractivity contribution is 0.0174. The van der Waals surface area contributed by atoms with Crippen LogP contribution in [0.5, 0.6) is 23.0 Å². The molecule has 0 saturated heterocycles. The number of benzene rings is 7. The van der Waals surface area contributed by atoms with E-state index in [4.69, 9.17) is 75.8 Å². The van der Waals surface area contributed by atoms with Crippen molar-refractivity contribution in [3.63, 3.8) is 0 Å². The van der Waals surface area contributed by atoms with Gasteiger partial charge in [0, 0.05) is 73.6 Å². The standard InChI is InChI=1S/C66H78N2O20/c1-73-13-17-77-21-25-81-29-33-85-47-37-45(38-48(41-47)86-34-30-82-26-22-78-18-14-74-2)43-67-63(69)55-9-5-51-53-7-11-57-62-58(12-8-54(60(53)62)52-6-10-56(64(67)70)61(55)59(51)52)66(72)68(65(57)71)44-46-39-49(87-35-31-83-27-23-79-19-15-75-3)42-50(40-46)88-36-32-84-28-24-80-20-16-76-4/h5-12,37-42H,13-36,43-44H2,1-4H3. The normalized spacial score (nSPS) is 13.2. The van der Waals surface area contributed by atoms with E-state index in [0.29, 0.717) is 199 Å². The predicted octanol–water partition coefficient (Wildman–Crippen LogP) is 7.56. The largest absolute Gasteiger partial charge is 0.491 e. The van der Waals surface area contributed by atoms with Crippen molar-refractivity contribution in [1.82, 2.24) is 9.80 Å². The number of rotatable bonds is 44. The fourth-order valence-corrected chi connectivity index (χ4v) is 10.5. The molecule has 2 aliphatic rings. The number of amides is 4. The summed E-state index contributed by atoms with van der Waals surface area (Å²) < 4.78 is 89.3. The Balaban J connectivity index is 0.924. The van der Waals surface area contributed by atoms with Gasteiger partial charge in [-0.15, -0.1) is 0 Å². The second-order valence-corrected chi connectivity index (χ2v) is 20.4. The summed E-state index contributed by atoms with van der Waals surface area (Å²) >= 11 is 0. The molecule has 0 saturated carbocycles. The van der Waals surface area contributed by atoms with Gasteiger partial charge in [-0.25, -0.2) is 0 Å². The average molecular weight is 1220 g/mol. The van der Waals surface area contributed by atoms with Crippen molar-refractivity contribution in [2.45, 2.75) is 13.1 Å². The Hall–Kier alpha value is -7.16. The predicted molar refractivity (Wildman–Crippen MR) is 325 cm³/mol. The van der Waals surface area contributed by atoms with Crippen LogP contribution < -0.4 is 18.9 Å². The molecule has 9 rings (SSSR count). The molecule has 4 amide bonds. The van der Waals surface area contributed by atoms with E-state index < -0.39 is 23.6 Å². The topological polar surface area (TPSA) is 222 Å². The van der Waals surface area contributed by atoms with Gasteiger partial charge in [-0.05, 0) is 92.0 Å². The summed E-state index contributed by atoms with van der Waals surface area (Å²) in [5.41, 5.74) is 2.66. The molecule has 2 aliphatic heterocycles. The Labute approximate surface area is 511 Å². The van der Waals surface area contributed by atoms with Crippen LogP contribution in [0.3, 0.4) is 0 Å². The van der Waals surface area contributed by atoms with Gasteiger partial charge in [0.2, 0.25) is 0 Å². The number of nitrogens with zero attached hydrogens (tertiary/aromatic N) is 2. The van der Waals surface area contributed by atoms with Crippen molar-refractivity contribution in [2.24, 2.45) is 0 Å². The Morgan fingerprint density at radius 1 is 0.261 bits per heavy atom. The second kappa shape index (κ2) is 34.0. The molecule has 22 heteroatoms. The maximum Gasteiger partial charge on any atom is 0.261 e. The van der Waals surface area contributed by atoms with Crippen molar-refractivity contribution in [3.05, 3.63) is 118 Å². The second-order valence-electron chi connectivity index (χ2n) is 20.4. The van der Waals surface area contributed by atoms with E-state index in [9.17, 15) is 19.2 Å². The van der Waals surface area contributed by atoms with Crippen LogP contribution in [0.4, 0.5) is 0 Å². The molecule has 0 aliphatic carbocycles. The summed E-state index contributed by atoms with van der Waals surface area (Å²) in [5, 5.41) is 5.62. The van der Waals surface area contributed by atoms with Crippen LogP contribution in [0, 0.1) is 0 Å². The van der Waals surface area contributed by atoms with Crippen molar-refractivity contribution in [3.8, 4) is 23.0 Å². The summed E-state index contributed by atoms with van der Waals surface area (Å²) in [6, 6.07) is 25.1. The number of fused-ring (bicyclic) bond motifs is 2. The molecule has 88 heavy (non-hydrogen) atoms. The summed E-state index contributed by atoms with van der Waals surface area (Å²) in [7, 11) is 6.46. The average Bonchev–Trinajstić information content (AvgIpc) is 0.702. The first-order valence-electron chi connectivity index (χ1n) is 29.5. The summed E-state index contributed by atoms with van der Waals surface area (Å²) in [4.78, 5) is 61.5. The molecule has 0 atom stereocenters. The third-order valence-corrected chi connectivity index (χ3v) is 14.6. The zero-order valence-electron chi connectivity index (χ0n) is 50.5. The van der Waals surface area contributed by atoms with Gasteiger partial charge in [-0.3, -0.25) is 29.0 Å². The van der Waals surface area contributed by atoms with Crippen LogP contribution in [-0.2, 0) is 69.9 Å². The number of hydrogen-bond donors (Lipinski definition) is 0. The molecule has 0 bridgehead atoms. The van der Waals surface area contributed by atoms with Crippen LogP contribution >= 0.6 is 0 Å². The van der Waals surface area contributed by atoms with Gasteiger partial charge in [-0.1, -0.05) is 24.3 Å². The number of carbonyl (C=O) groups is 4. The summed E-state index contributed by atoms with van der Waals surface area (Å²) in [6.07, 6.45) is 0. The molecule has 7 aromatic carbocycles. The zero-order chi connectivity index (χ0) is 61.5. The molecule has 472 valence electrons. The molecule has 22 nitrogen and oxygen atoms in total. The van der Waals surface area contributed by atoms with Gasteiger partial charge in [0.1, 0.15) is 49.4 Å². The van der Waals surface area contributed by atoms with Crippen LogP contribution in [0.2, 0.25) is 0 Å². The molecule has 0 N–H and O–H groups in total. The van der Waals surface area contributed by atoms with Crippen LogP contribution in [0.1, 0.15) is 52.6 Å². The van der Waals surface area contributed by atoms with E-state index in [2.05, 4.69) is 0 Å². The maximum absolute atomic E-state index is 14.8. The highest BCUT2D eigenvalue weighted by molar-refractivity contribution is 6.41. The molecular formula is C66H78N2O20. The molecule has 0 spiro atoms. The van der Waals surface area contributed by atoms with Gasteiger partial charge in [0.25, 0.3) is 23.6 Å². The number of carbonyl (C=O) groups excluding carboxylic acids is 4. The van der Waals surface area contributed by atoms with E-state index in [1.54, 1.807) is 89.1 Å². The van der Waals surface area contributed by atoms with E-state index in [0.717, 1.165) is 32.3 Å². The van der Waals surface area contributed by atoms with Gasteiger partial charge in [-0.2, -0.15) is 0 Å². The fourth-order valence-electron chi connectivity index (χ4n) is 10.5. The first-order valence-corrected chi connectivity index (χ1v) is 29.5. The highest BCUT2D eigenvalue weighted by atomic mass is 16.6. The lowest BCUT2D eigenvalue weighted by atomic mass is 9.82. The lowest BCUT2D eigenvalue weighted by Crippen LogP contribution is -2.40. The van der Waals surface area contributed by atoms with E-state index in [1.807, 2.05) is 24.3 Å². The van der Waals surface area contributed by atoms with Gasteiger partial charge >= 0.3 is 0 Å². The van der Waals surface area contributed by atoms with Crippen LogP contribution in [0.15, 0.2) is 84.9 Å². The number of ether oxygens (including phenoxy) is 16. The van der Waals surface area contributed by atoms with Gasteiger partial charge < -0.3 is 75.8 Å². The highest BCUT2D eigenvalue weighted by Gasteiger charge is 2.37. The molecular weight excluding hydrogens is 1140 g/mol. The Morgan fingerprint density at radius 2 is 0.477 bits per heavy atom. The fraction of sp³-hybridized carbons (Fsp3) is 0.455. The third kappa shape index (κ3) is 16.8.